The monoisotopic (exact) mass is 212 g/mol. The molecule has 1 heterocycles. The van der Waals surface area contributed by atoms with Gasteiger partial charge in [-0.15, -0.1) is 0 Å². The number of rotatable bonds is 2. The predicted molar refractivity (Wildman–Crippen MR) is 57.0 cm³/mol. The van der Waals surface area contributed by atoms with E-state index < -0.39 is 6.17 Å². The fraction of sp³-hybridized carbons (Fsp3) is 0.727. The molecule has 1 amide bonds. The Balaban J connectivity index is 2.19. The van der Waals surface area contributed by atoms with Crippen LogP contribution in [0.3, 0.4) is 0 Å². The first-order valence-electron chi connectivity index (χ1n) is 5.13. The zero-order valence-electron chi connectivity index (χ0n) is 9.29. The molecule has 0 saturated carbocycles. The van der Waals surface area contributed by atoms with Crippen molar-refractivity contribution in [2.45, 2.75) is 19.5 Å². The van der Waals surface area contributed by atoms with Crippen LogP contribution in [-0.4, -0.2) is 55.1 Å². The van der Waals surface area contributed by atoms with Crippen LogP contribution in [0, 0.1) is 11.8 Å². The van der Waals surface area contributed by atoms with Gasteiger partial charge in [0.1, 0.15) is 6.17 Å². The van der Waals surface area contributed by atoms with Crippen LogP contribution in [0.2, 0.25) is 0 Å². The van der Waals surface area contributed by atoms with Crippen LogP contribution >= 0.6 is 0 Å². The molecular formula is C11H17FN2O. The first-order chi connectivity index (χ1) is 7.09. The molecule has 1 rings (SSSR count). The maximum absolute atomic E-state index is 12.8. The standard InChI is InChI=1S/C11H17FN2O/c1-10(15)13(2)6-3-4-7-14-8-5-11(12)9-14/h11H,5-9H2,1-2H3/t11-/m1/s1. The first kappa shape index (κ1) is 12.0. The smallest absolute Gasteiger partial charge is 0.219 e. The Hall–Kier alpha value is -1.08. The summed E-state index contributed by atoms with van der Waals surface area (Å²) in [4.78, 5) is 14.4. The highest BCUT2D eigenvalue weighted by atomic mass is 19.1. The lowest BCUT2D eigenvalue weighted by atomic mass is 10.3. The van der Waals surface area contributed by atoms with E-state index >= 15 is 0 Å². The van der Waals surface area contributed by atoms with Gasteiger partial charge in [-0.3, -0.25) is 9.69 Å². The van der Waals surface area contributed by atoms with E-state index in [0.29, 0.717) is 26.1 Å². The van der Waals surface area contributed by atoms with Crippen molar-refractivity contribution in [2.75, 3.05) is 33.2 Å². The summed E-state index contributed by atoms with van der Waals surface area (Å²) in [5.41, 5.74) is 0. The lowest BCUT2D eigenvalue weighted by molar-refractivity contribution is -0.126. The number of amides is 1. The summed E-state index contributed by atoms with van der Waals surface area (Å²) in [6.07, 6.45) is -0.0682. The molecule has 0 aromatic heterocycles. The van der Waals surface area contributed by atoms with Crippen molar-refractivity contribution >= 4 is 5.91 Å². The topological polar surface area (TPSA) is 23.6 Å². The number of likely N-dealkylation sites (tertiary alicyclic amines) is 1. The summed E-state index contributed by atoms with van der Waals surface area (Å²) in [6, 6.07) is 0. The Morgan fingerprint density at radius 2 is 2.33 bits per heavy atom. The molecule has 84 valence electrons. The number of hydrogen-bond donors (Lipinski definition) is 0. The number of hydrogen-bond acceptors (Lipinski definition) is 2. The maximum Gasteiger partial charge on any atom is 0.219 e. The van der Waals surface area contributed by atoms with Gasteiger partial charge in [-0.2, -0.15) is 0 Å². The van der Waals surface area contributed by atoms with Crippen LogP contribution in [0.1, 0.15) is 13.3 Å². The van der Waals surface area contributed by atoms with Gasteiger partial charge in [-0.1, -0.05) is 11.8 Å². The normalized spacial score (nSPS) is 20.9. The summed E-state index contributed by atoms with van der Waals surface area (Å²) in [6.45, 7) is 3.85. The minimum atomic E-state index is -0.688. The molecule has 0 aliphatic carbocycles. The van der Waals surface area contributed by atoms with Crippen LogP contribution in [0.15, 0.2) is 0 Å². The second-order valence-corrected chi connectivity index (χ2v) is 3.85. The Kier molecular flexibility index (Phi) is 4.57. The summed E-state index contributed by atoms with van der Waals surface area (Å²) < 4.78 is 12.8. The third-order valence-electron chi connectivity index (χ3n) is 2.50. The van der Waals surface area contributed by atoms with Crippen molar-refractivity contribution in [1.29, 1.82) is 0 Å². The molecule has 0 aromatic rings. The van der Waals surface area contributed by atoms with Gasteiger partial charge >= 0.3 is 0 Å². The largest absolute Gasteiger partial charge is 0.335 e. The van der Waals surface area contributed by atoms with Crippen LogP contribution < -0.4 is 0 Å². The first-order valence-corrected chi connectivity index (χ1v) is 5.13. The van der Waals surface area contributed by atoms with Gasteiger partial charge < -0.3 is 4.90 Å². The molecule has 1 atom stereocenters. The average molecular weight is 212 g/mol. The minimum Gasteiger partial charge on any atom is -0.335 e. The zero-order chi connectivity index (χ0) is 11.3. The third-order valence-corrected chi connectivity index (χ3v) is 2.50. The fourth-order valence-electron chi connectivity index (χ4n) is 1.38. The molecule has 0 radical (unpaired) electrons. The van der Waals surface area contributed by atoms with Crippen molar-refractivity contribution in [3.8, 4) is 11.8 Å². The molecule has 1 aliphatic rings. The molecule has 0 aromatic carbocycles. The number of carbonyl (C=O) groups excluding carboxylic acids is 1. The molecule has 4 heteroatoms. The van der Waals surface area contributed by atoms with Crippen LogP contribution in [0.25, 0.3) is 0 Å². The van der Waals surface area contributed by atoms with Gasteiger partial charge in [-0.05, 0) is 6.42 Å². The van der Waals surface area contributed by atoms with Gasteiger partial charge in [0.15, 0.2) is 0 Å². The molecule has 1 fully saturated rings. The molecule has 1 saturated heterocycles. The van der Waals surface area contributed by atoms with Crippen LogP contribution in [-0.2, 0) is 4.79 Å². The SMILES string of the molecule is CC(=O)N(C)CC#CCN1CC[C@@H](F)C1. The molecule has 15 heavy (non-hydrogen) atoms. The van der Waals surface area contributed by atoms with Crippen LogP contribution in [0.5, 0.6) is 0 Å². The quantitative estimate of drug-likeness (QED) is 0.623. The third kappa shape index (κ3) is 4.30. The van der Waals surface area contributed by atoms with Crippen LogP contribution in [0.4, 0.5) is 4.39 Å². The number of carbonyl (C=O) groups is 1. The predicted octanol–water partition coefficient (Wildman–Crippen LogP) is 0.512. The lowest BCUT2D eigenvalue weighted by Gasteiger charge is -2.10. The van der Waals surface area contributed by atoms with Crippen molar-refractivity contribution < 1.29 is 9.18 Å². The van der Waals surface area contributed by atoms with Gasteiger partial charge in [-0.25, -0.2) is 4.39 Å². The Morgan fingerprint density at radius 1 is 1.60 bits per heavy atom. The Morgan fingerprint density at radius 3 is 2.87 bits per heavy atom. The molecule has 0 N–H and O–H groups in total. The highest BCUT2D eigenvalue weighted by Crippen LogP contribution is 2.10. The van der Waals surface area contributed by atoms with Gasteiger partial charge in [0.2, 0.25) is 5.91 Å². The van der Waals surface area contributed by atoms with Crippen molar-refractivity contribution in [1.82, 2.24) is 9.80 Å². The number of nitrogens with zero attached hydrogens (tertiary/aromatic N) is 2. The van der Waals surface area contributed by atoms with E-state index in [4.69, 9.17) is 0 Å². The van der Waals surface area contributed by atoms with Crippen molar-refractivity contribution in [3.05, 3.63) is 0 Å². The summed E-state index contributed by atoms with van der Waals surface area (Å²) in [7, 11) is 1.71. The summed E-state index contributed by atoms with van der Waals surface area (Å²) >= 11 is 0. The molecule has 0 unspecified atom stereocenters. The number of halogens is 1. The highest BCUT2D eigenvalue weighted by Gasteiger charge is 2.20. The van der Waals surface area contributed by atoms with E-state index in [1.54, 1.807) is 11.9 Å². The summed E-state index contributed by atoms with van der Waals surface area (Å²) in [5.74, 6) is 5.86. The van der Waals surface area contributed by atoms with Gasteiger partial charge in [0, 0.05) is 27.1 Å². The number of alkyl halides is 1. The molecule has 0 spiro atoms. The molecule has 1 aliphatic heterocycles. The van der Waals surface area contributed by atoms with E-state index in [0.717, 1.165) is 6.54 Å². The second kappa shape index (κ2) is 5.72. The van der Waals surface area contributed by atoms with E-state index in [1.807, 2.05) is 4.90 Å². The average Bonchev–Trinajstić information content (AvgIpc) is 2.58. The second-order valence-electron chi connectivity index (χ2n) is 3.85. The van der Waals surface area contributed by atoms with Gasteiger partial charge in [0.25, 0.3) is 0 Å². The van der Waals surface area contributed by atoms with Crippen molar-refractivity contribution in [3.63, 3.8) is 0 Å². The molecule has 0 bridgehead atoms. The van der Waals surface area contributed by atoms with E-state index in [1.165, 1.54) is 6.92 Å². The molecule has 3 nitrogen and oxygen atoms in total. The Labute approximate surface area is 90.2 Å². The Bertz CT molecular complexity index is 282. The van der Waals surface area contributed by atoms with Crippen molar-refractivity contribution in [2.24, 2.45) is 0 Å². The zero-order valence-corrected chi connectivity index (χ0v) is 9.29. The minimum absolute atomic E-state index is 0.00861. The summed E-state index contributed by atoms with van der Waals surface area (Å²) in [5, 5.41) is 0. The lowest BCUT2D eigenvalue weighted by Crippen LogP contribution is -2.24. The van der Waals surface area contributed by atoms with E-state index in [2.05, 4.69) is 11.8 Å². The maximum atomic E-state index is 12.8. The van der Waals surface area contributed by atoms with E-state index in [9.17, 15) is 9.18 Å². The molecular weight excluding hydrogens is 195 g/mol. The fourth-order valence-corrected chi connectivity index (χ4v) is 1.38. The van der Waals surface area contributed by atoms with Gasteiger partial charge in [0.05, 0.1) is 13.1 Å². The highest BCUT2D eigenvalue weighted by molar-refractivity contribution is 5.73. The van der Waals surface area contributed by atoms with E-state index in [-0.39, 0.29) is 5.91 Å².